The first-order valence-electron chi connectivity index (χ1n) is 5.62. The van der Waals surface area contributed by atoms with E-state index in [2.05, 4.69) is 5.32 Å². The van der Waals surface area contributed by atoms with Gasteiger partial charge in [0.15, 0.2) is 0 Å². The van der Waals surface area contributed by atoms with Crippen LogP contribution in [0.25, 0.3) is 0 Å². The topological polar surface area (TPSA) is 63.2 Å². The third-order valence-electron chi connectivity index (χ3n) is 2.67. The normalized spacial score (nSPS) is 12.3. The Kier molecular flexibility index (Phi) is 6.61. The van der Waals surface area contributed by atoms with Crippen LogP contribution in [-0.4, -0.2) is 24.5 Å². The molecule has 0 bridgehead atoms. The van der Waals surface area contributed by atoms with Crippen LogP contribution in [0.5, 0.6) is 0 Å². The standard InChI is InChI=1S/C12H21NO3/c1-8(2)11(15)7-10(9(3)14)5-6-12(16)13-4/h8,10H,5-7H2,1-4H3,(H,13,16)/t10-/m1/s1. The van der Waals surface area contributed by atoms with Crippen LogP contribution in [0.3, 0.4) is 0 Å². The van der Waals surface area contributed by atoms with Gasteiger partial charge < -0.3 is 5.32 Å². The maximum absolute atomic E-state index is 11.5. The van der Waals surface area contributed by atoms with Gasteiger partial charge in [-0.1, -0.05) is 13.8 Å². The molecule has 0 spiro atoms. The lowest BCUT2D eigenvalue weighted by Gasteiger charge is -2.13. The Morgan fingerprint density at radius 3 is 2.12 bits per heavy atom. The van der Waals surface area contributed by atoms with Gasteiger partial charge in [-0.3, -0.25) is 14.4 Å². The molecule has 0 radical (unpaired) electrons. The Labute approximate surface area is 96.8 Å². The Balaban J connectivity index is 4.24. The van der Waals surface area contributed by atoms with E-state index >= 15 is 0 Å². The van der Waals surface area contributed by atoms with Gasteiger partial charge in [0.2, 0.25) is 5.91 Å². The van der Waals surface area contributed by atoms with E-state index in [1.807, 2.05) is 13.8 Å². The molecule has 4 heteroatoms. The summed E-state index contributed by atoms with van der Waals surface area (Å²) in [6.45, 7) is 5.11. The van der Waals surface area contributed by atoms with Gasteiger partial charge in [0.05, 0.1) is 0 Å². The Morgan fingerprint density at radius 1 is 1.19 bits per heavy atom. The number of amides is 1. The smallest absolute Gasteiger partial charge is 0.219 e. The van der Waals surface area contributed by atoms with Crippen LogP contribution >= 0.6 is 0 Å². The van der Waals surface area contributed by atoms with E-state index in [-0.39, 0.29) is 35.7 Å². The van der Waals surface area contributed by atoms with Gasteiger partial charge in [0.25, 0.3) is 0 Å². The first-order valence-corrected chi connectivity index (χ1v) is 5.62. The van der Waals surface area contributed by atoms with E-state index in [4.69, 9.17) is 0 Å². The molecule has 0 fully saturated rings. The van der Waals surface area contributed by atoms with Crippen molar-refractivity contribution in [2.75, 3.05) is 7.05 Å². The molecular weight excluding hydrogens is 206 g/mol. The van der Waals surface area contributed by atoms with E-state index in [1.54, 1.807) is 7.05 Å². The average Bonchev–Trinajstić information content (AvgIpc) is 2.22. The van der Waals surface area contributed by atoms with Gasteiger partial charge in [-0.05, 0) is 13.3 Å². The molecule has 0 aromatic heterocycles. The molecule has 1 N–H and O–H groups in total. The monoisotopic (exact) mass is 227 g/mol. The zero-order chi connectivity index (χ0) is 12.7. The van der Waals surface area contributed by atoms with E-state index in [1.165, 1.54) is 6.92 Å². The van der Waals surface area contributed by atoms with E-state index in [9.17, 15) is 14.4 Å². The minimum absolute atomic E-state index is 0.0158. The van der Waals surface area contributed by atoms with Crippen LogP contribution in [0.1, 0.15) is 40.0 Å². The summed E-state index contributed by atoms with van der Waals surface area (Å²) in [5.74, 6) is -0.396. The van der Waals surface area contributed by atoms with Crippen molar-refractivity contribution >= 4 is 17.5 Å². The molecule has 0 heterocycles. The highest BCUT2D eigenvalue weighted by Crippen LogP contribution is 2.15. The molecule has 0 aromatic carbocycles. The highest BCUT2D eigenvalue weighted by molar-refractivity contribution is 5.88. The van der Waals surface area contributed by atoms with Crippen molar-refractivity contribution in [1.82, 2.24) is 5.32 Å². The number of ketones is 2. The third kappa shape index (κ3) is 5.63. The highest BCUT2D eigenvalue weighted by atomic mass is 16.1. The van der Waals surface area contributed by atoms with Crippen LogP contribution in [0.2, 0.25) is 0 Å². The quantitative estimate of drug-likeness (QED) is 0.713. The minimum atomic E-state index is -0.313. The molecule has 0 saturated heterocycles. The highest BCUT2D eigenvalue weighted by Gasteiger charge is 2.20. The van der Waals surface area contributed by atoms with Gasteiger partial charge in [-0.25, -0.2) is 0 Å². The van der Waals surface area contributed by atoms with Crippen LogP contribution in [0.4, 0.5) is 0 Å². The first-order chi connectivity index (χ1) is 7.38. The number of hydrogen-bond donors (Lipinski definition) is 1. The fourth-order valence-corrected chi connectivity index (χ4v) is 1.36. The largest absolute Gasteiger partial charge is 0.359 e. The maximum atomic E-state index is 11.5. The number of hydrogen-bond acceptors (Lipinski definition) is 3. The molecule has 0 unspecified atom stereocenters. The van der Waals surface area contributed by atoms with Crippen molar-refractivity contribution in [3.63, 3.8) is 0 Å². The predicted molar refractivity (Wildman–Crippen MR) is 61.9 cm³/mol. The van der Waals surface area contributed by atoms with Crippen LogP contribution in [0.15, 0.2) is 0 Å². The summed E-state index contributed by atoms with van der Waals surface area (Å²) in [5, 5.41) is 2.50. The minimum Gasteiger partial charge on any atom is -0.359 e. The molecular formula is C12H21NO3. The number of rotatable bonds is 7. The van der Waals surface area contributed by atoms with Gasteiger partial charge in [-0.15, -0.1) is 0 Å². The third-order valence-corrected chi connectivity index (χ3v) is 2.67. The number of carbonyl (C=O) groups excluding carboxylic acids is 3. The number of Topliss-reactive ketones (excluding diaryl/α,β-unsaturated/α-hetero) is 2. The summed E-state index contributed by atoms with van der Waals surface area (Å²) in [7, 11) is 1.56. The van der Waals surface area contributed by atoms with Crippen molar-refractivity contribution in [3.05, 3.63) is 0 Å². The van der Waals surface area contributed by atoms with Crippen molar-refractivity contribution < 1.29 is 14.4 Å². The summed E-state index contributed by atoms with van der Waals surface area (Å²) in [6.07, 6.45) is 1.00. The molecule has 1 amide bonds. The summed E-state index contributed by atoms with van der Waals surface area (Å²) >= 11 is 0. The van der Waals surface area contributed by atoms with Crippen LogP contribution < -0.4 is 5.32 Å². The Hall–Kier alpha value is -1.19. The molecule has 4 nitrogen and oxygen atoms in total. The second kappa shape index (κ2) is 7.14. The van der Waals surface area contributed by atoms with Crippen molar-refractivity contribution in [1.29, 1.82) is 0 Å². The van der Waals surface area contributed by atoms with Crippen molar-refractivity contribution in [3.8, 4) is 0 Å². The Morgan fingerprint density at radius 2 is 1.75 bits per heavy atom. The average molecular weight is 227 g/mol. The zero-order valence-corrected chi connectivity index (χ0v) is 10.5. The van der Waals surface area contributed by atoms with Gasteiger partial charge >= 0.3 is 0 Å². The number of carbonyl (C=O) groups is 3. The van der Waals surface area contributed by atoms with Crippen molar-refractivity contribution in [2.24, 2.45) is 11.8 Å². The van der Waals surface area contributed by atoms with Gasteiger partial charge in [0, 0.05) is 31.7 Å². The molecule has 0 rings (SSSR count). The Bertz CT molecular complexity index is 271. The SMILES string of the molecule is CNC(=O)CC[C@H](CC(=O)C(C)C)C(C)=O. The van der Waals surface area contributed by atoms with E-state index in [0.717, 1.165) is 0 Å². The fourth-order valence-electron chi connectivity index (χ4n) is 1.36. The maximum Gasteiger partial charge on any atom is 0.219 e. The summed E-state index contributed by atoms with van der Waals surface area (Å²) in [4.78, 5) is 33.9. The molecule has 0 aliphatic heterocycles. The van der Waals surface area contributed by atoms with E-state index in [0.29, 0.717) is 12.8 Å². The summed E-state index contributed by atoms with van der Waals surface area (Å²) in [6, 6.07) is 0. The van der Waals surface area contributed by atoms with Crippen LogP contribution in [-0.2, 0) is 14.4 Å². The molecule has 16 heavy (non-hydrogen) atoms. The van der Waals surface area contributed by atoms with Crippen LogP contribution in [0, 0.1) is 11.8 Å². The van der Waals surface area contributed by atoms with Gasteiger partial charge in [0.1, 0.15) is 11.6 Å². The first kappa shape index (κ1) is 14.8. The molecule has 0 saturated carbocycles. The number of nitrogens with one attached hydrogen (secondary N) is 1. The molecule has 1 atom stereocenters. The summed E-state index contributed by atoms with van der Waals surface area (Å²) < 4.78 is 0. The van der Waals surface area contributed by atoms with Gasteiger partial charge in [-0.2, -0.15) is 0 Å². The van der Waals surface area contributed by atoms with Crippen molar-refractivity contribution in [2.45, 2.75) is 40.0 Å². The zero-order valence-electron chi connectivity index (χ0n) is 10.5. The lowest BCUT2D eigenvalue weighted by atomic mass is 9.90. The molecule has 0 aromatic rings. The second-order valence-electron chi connectivity index (χ2n) is 4.34. The molecule has 0 aliphatic carbocycles. The predicted octanol–water partition coefficient (Wildman–Crippen LogP) is 1.33. The fraction of sp³-hybridized carbons (Fsp3) is 0.750. The lowest BCUT2D eigenvalue weighted by molar-refractivity contribution is -0.129. The summed E-state index contributed by atoms with van der Waals surface area (Å²) in [5.41, 5.74) is 0. The second-order valence-corrected chi connectivity index (χ2v) is 4.34. The lowest BCUT2D eigenvalue weighted by Crippen LogP contribution is -2.23. The molecule has 0 aliphatic rings. The van der Waals surface area contributed by atoms with E-state index < -0.39 is 0 Å². The molecule has 92 valence electrons.